The molecule has 1 heterocycles. The van der Waals surface area contributed by atoms with Gasteiger partial charge in [-0.2, -0.15) is 0 Å². The second-order valence-corrected chi connectivity index (χ2v) is 6.06. The van der Waals surface area contributed by atoms with Gasteiger partial charge in [-0.25, -0.2) is 12.8 Å². The molecular weight excluding hydrogens is 259 g/mol. The van der Waals surface area contributed by atoms with Crippen LogP contribution < -0.4 is 5.73 Å². The molecule has 0 saturated carbocycles. The summed E-state index contributed by atoms with van der Waals surface area (Å²) < 4.78 is 41.0. The lowest BCUT2D eigenvalue weighted by molar-refractivity contribution is 0.396. The number of benzene rings is 1. The minimum absolute atomic E-state index is 0.0289. The molecule has 0 spiro atoms. The second kappa shape index (κ2) is 4.41. The summed E-state index contributed by atoms with van der Waals surface area (Å²) in [5, 5.41) is 3.49. The fraction of sp³-hybridized carbons (Fsp3) is 0.182. The maximum atomic E-state index is 13.7. The van der Waals surface area contributed by atoms with Gasteiger partial charge in [0.1, 0.15) is 11.6 Å². The molecule has 2 N–H and O–H groups in total. The van der Waals surface area contributed by atoms with Crippen molar-refractivity contribution in [3.63, 3.8) is 0 Å². The molecule has 1 aromatic carbocycles. The SMILES string of the molecule is CS(=O)(=O)Cc1onc(N)c1-c1ccccc1F. The molecule has 0 bridgehead atoms. The van der Waals surface area contributed by atoms with Crippen LogP contribution in [0.15, 0.2) is 28.8 Å². The molecule has 5 nitrogen and oxygen atoms in total. The molecule has 0 aliphatic heterocycles. The molecule has 0 atom stereocenters. The minimum Gasteiger partial charge on any atom is -0.380 e. The molecule has 18 heavy (non-hydrogen) atoms. The van der Waals surface area contributed by atoms with E-state index in [1.54, 1.807) is 6.07 Å². The Labute approximate surface area is 103 Å². The Kier molecular flexibility index (Phi) is 3.08. The first kappa shape index (κ1) is 12.6. The van der Waals surface area contributed by atoms with Gasteiger partial charge in [-0.1, -0.05) is 23.4 Å². The number of aromatic nitrogens is 1. The molecule has 0 amide bonds. The summed E-state index contributed by atoms with van der Waals surface area (Å²) in [5.74, 6) is -0.873. The van der Waals surface area contributed by atoms with E-state index in [2.05, 4.69) is 5.16 Å². The predicted octanol–water partition coefficient (Wildman–Crippen LogP) is 1.61. The lowest BCUT2D eigenvalue weighted by Gasteiger charge is -2.03. The maximum absolute atomic E-state index is 13.7. The number of hydrogen-bond acceptors (Lipinski definition) is 5. The zero-order valence-corrected chi connectivity index (χ0v) is 10.4. The average Bonchev–Trinajstić information content (AvgIpc) is 2.59. The monoisotopic (exact) mass is 270 g/mol. The van der Waals surface area contributed by atoms with E-state index in [0.29, 0.717) is 0 Å². The van der Waals surface area contributed by atoms with Crippen molar-refractivity contribution in [3.8, 4) is 11.1 Å². The van der Waals surface area contributed by atoms with Crippen LogP contribution in [0.4, 0.5) is 10.2 Å². The van der Waals surface area contributed by atoms with Gasteiger partial charge in [0.2, 0.25) is 0 Å². The van der Waals surface area contributed by atoms with E-state index in [4.69, 9.17) is 10.3 Å². The third-order valence-electron chi connectivity index (χ3n) is 2.33. The number of hydrogen-bond donors (Lipinski definition) is 1. The molecule has 0 radical (unpaired) electrons. The molecule has 0 saturated heterocycles. The molecular formula is C11H11FN2O3S. The van der Waals surface area contributed by atoms with Crippen molar-refractivity contribution < 1.29 is 17.3 Å². The van der Waals surface area contributed by atoms with Gasteiger partial charge in [0.25, 0.3) is 0 Å². The first-order valence-corrected chi connectivity index (χ1v) is 7.11. The second-order valence-electron chi connectivity index (χ2n) is 3.92. The van der Waals surface area contributed by atoms with Gasteiger partial charge < -0.3 is 10.3 Å². The number of nitrogen functional groups attached to an aromatic ring is 1. The highest BCUT2D eigenvalue weighted by atomic mass is 32.2. The van der Waals surface area contributed by atoms with Gasteiger partial charge >= 0.3 is 0 Å². The number of rotatable bonds is 3. The quantitative estimate of drug-likeness (QED) is 0.915. The van der Waals surface area contributed by atoms with Crippen LogP contribution in [0, 0.1) is 5.82 Å². The van der Waals surface area contributed by atoms with E-state index in [1.807, 2.05) is 0 Å². The van der Waals surface area contributed by atoms with Crippen molar-refractivity contribution in [1.29, 1.82) is 0 Å². The highest BCUT2D eigenvalue weighted by Gasteiger charge is 2.21. The van der Waals surface area contributed by atoms with Crippen LogP contribution in [0.3, 0.4) is 0 Å². The van der Waals surface area contributed by atoms with Crippen molar-refractivity contribution in [2.24, 2.45) is 0 Å². The van der Waals surface area contributed by atoms with E-state index >= 15 is 0 Å². The molecule has 2 aromatic rings. The molecule has 1 aromatic heterocycles. The number of halogens is 1. The zero-order chi connectivity index (χ0) is 13.3. The van der Waals surface area contributed by atoms with Crippen LogP contribution in [-0.4, -0.2) is 19.8 Å². The molecule has 0 aliphatic rings. The topological polar surface area (TPSA) is 86.2 Å². The molecule has 0 aliphatic carbocycles. The first-order valence-electron chi connectivity index (χ1n) is 5.05. The molecule has 7 heteroatoms. The van der Waals surface area contributed by atoms with Crippen LogP contribution >= 0.6 is 0 Å². The zero-order valence-electron chi connectivity index (χ0n) is 9.55. The number of nitrogens with zero attached hydrogens (tertiary/aromatic N) is 1. The standard InChI is InChI=1S/C11H11FN2O3S/c1-18(15,16)6-9-10(11(13)14-17-9)7-4-2-3-5-8(7)12/h2-5H,6H2,1H3,(H2,13,14). The highest BCUT2D eigenvalue weighted by molar-refractivity contribution is 7.89. The lowest BCUT2D eigenvalue weighted by Crippen LogP contribution is -2.01. The lowest BCUT2D eigenvalue weighted by atomic mass is 10.1. The normalized spacial score (nSPS) is 11.7. The van der Waals surface area contributed by atoms with Gasteiger partial charge in [0.05, 0.1) is 5.56 Å². The summed E-state index contributed by atoms with van der Waals surface area (Å²) in [6.45, 7) is 0. The number of anilines is 1. The van der Waals surface area contributed by atoms with Gasteiger partial charge in [0, 0.05) is 11.8 Å². The van der Waals surface area contributed by atoms with Crippen molar-refractivity contribution in [2.45, 2.75) is 5.75 Å². The van der Waals surface area contributed by atoms with Crippen molar-refractivity contribution >= 4 is 15.7 Å². The third kappa shape index (κ3) is 2.51. The fourth-order valence-corrected chi connectivity index (χ4v) is 2.30. The summed E-state index contributed by atoms with van der Waals surface area (Å²) in [6.07, 6.45) is 1.05. The van der Waals surface area contributed by atoms with Crippen LogP contribution in [0.1, 0.15) is 5.76 Å². The highest BCUT2D eigenvalue weighted by Crippen LogP contribution is 2.32. The van der Waals surface area contributed by atoms with E-state index in [9.17, 15) is 12.8 Å². The average molecular weight is 270 g/mol. The van der Waals surface area contributed by atoms with Gasteiger partial charge in [-0.15, -0.1) is 0 Å². The van der Waals surface area contributed by atoms with Crippen molar-refractivity contribution in [1.82, 2.24) is 5.16 Å². The molecule has 0 unspecified atom stereocenters. The van der Waals surface area contributed by atoms with E-state index < -0.39 is 15.7 Å². The molecule has 96 valence electrons. The van der Waals surface area contributed by atoms with Crippen LogP contribution in [0.25, 0.3) is 11.1 Å². The largest absolute Gasteiger partial charge is 0.380 e. The number of nitrogens with two attached hydrogens (primary N) is 1. The molecule has 2 rings (SSSR count). The van der Waals surface area contributed by atoms with Crippen LogP contribution in [0.5, 0.6) is 0 Å². The van der Waals surface area contributed by atoms with E-state index in [-0.39, 0.29) is 28.5 Å². The smallest absolute Gasteiger partial charge is 0.175 e. The third-order valence-corrected chi connectivity index (χ3v) is 3.11. The predicted molar refractivity (Wildman–Crippen MR) is 64.9 cm³/mol. The van der Waals surface area contributed by atoms with Gasteiger partial charge in [0.15, 0.2) is 21.4 Å². The Morgan fingerprint density at radius 2 is 2.06 bits per heavy atom. The summed E-state index contributed by atoms with van der Waals surface area (Å²) in [4.78, 5) is 0. The number of sulfone groups is 1. The minimum atomic E-state index is -3.32. The molecule has 0 fully saturated rings. The Bertz CT molecular complexity index is 679. The van der Waals surface area contributed by atoms with E-state index in [0.717, 1.165) is 6.26 Å². The summed E-state index contributed by atoms with van der Waals surface area (Å²) in [7, 11) is -3.32. The Morgan fingerprint density at radius 3 is 2.67 bits per heavy atom. The Morgan fingerprint density at radius 1 is 1.39 bits per heavy atom. The summed E-state index contributed by atoms with van der Waals surface area (Å²) in [5.41, 5.74) is 5.96. The first-order chi connectivity index (χ1) is 8.38. The Balaban J connectivity index is 2.58. The van der Waals surface area contributed by atoms with Crippen LogP contribution in [0.2, 0.25) is 0 Å². The Hall–Kier alpha value is -1.89. The maximum Gasteiger partial charge on any atom is 0.175 e. The van der Waals surface area contributed by atoms with Gasteiger partial charge in [-0.05, 0) is 6.07 Å². The van der Waals surface area contributed by atoms with Crippen molar-refractivity contribution in [2.75, 3.05) is 12.0 Å². The summed E-state index contributed by atoms with van der Waals surface area (Å²) >= 11 is 0. The van der Waals surface area contributed by atoms with Crippen LogP contribution in [-0.2, 0) is 15.6 Å². The fourth-order valence-electron chi connectivity index (χ4n) is 1.63. The van der Waals surface area contributed by atoms with Gasteiger partial charge in [-0.3, -0.25) is 0 Å². The van der Waals surface area contributed by atoms with E-state index in [1.165, 1.54) is 18.2 Å². The summed E-state index contributed by atoms with van der Waals surface area (Å²) in [6, 6.07) is 5.89. The van der Waals surface area contributed by atoms with Crippen molar-refractivity contribution in [3.05, 3.63) is 35.8 Å².